The van der Waals surface area contributed by atoms with E-state index in [1.807, 2.05) is 83.4 Å². The van der Waals surface area contributed by atoms with E-state index in [0.29, 0.717) is 30.6 Å². The van der Waals surface area contributed by atoms with Crippen molar-refractivity contribution in [2.75, 3.05) is 11.1 Å². The van der Waals surface area contributed by atoms with Crippen LogP contribution in [0.1, 0.15) is 17.0 Å². The molecule has 3 aromatic carbocycles. The van der Waals surface area contributed by atoms with Gasteiger partial charge in [-0.25, -0.2) is 5.43 Å². The first kappa shape index (κ1) is 27.2. The standard InChI is InChI=1S/C28H27BrN6O2S/c1-2-15-35-26(18-30-24-12-4-3-5-13-24)32-34-28(35)38-20-27(36)33-31-17-22-10-6-7-14-25(22)37-19-21-9-8-11-23(29)16-21/h2-14,16-17,30H,1,15,18-20H2,(H,33,36)/b31-17-. The van der Waals surface area contributed by atoms with Crippen molar-refractivity contribution in [1.29, 1.82) is 0 Å². The van der Waals surface area contributed by atoms with Crippen molar-refractivity contribution in [2.45, 2.75) is 24.9 Å². The predicted octanol–water partition coefficient (Wildman–Crippen LogP) is 5.66. The molecular formula is C28H27BrN6O2S. The van der Waals surface area contributed by atoms with Crippen LogP contribution in [0.25, 0.3) is 0 Å². The van der Waals surface area contributed by atoms with E-state index in [-0.39, 0.29) is 11.7 Å². The smallest absolute Gasteiger partial charge is 0.250 e. The summed E-state index contributed by atoms with van der Waals surface area (Å²) in [7, 11) is 0. The fourth-order valence-corrected chi connectivity index (χ4v) is 4.65. The highest BCUT2D eigenvalue weighted by atomic mass is 79.9. The van der Waals surface area contributed by atoms with Gasteiger partial charge in [-0.05, 0) is 42.0 Å². The van der Waals surface area contributed by atoms with Crippen LogP contribution in [0.4, 0.5) is 5.69 Å². The molecule has 194 valence electrons. The van der Waals surface area contributed by atoms with Gasteiger partial charge in [0.1, 0.15) is 12.4 Å². The first-order valence-corrected chi connectivity index (χ1v) is 13.6. The molecule has 10 heteroatoms. The zero-order valence-electron chi connectivity index (χ0n) is 20.6. The van der Waals surface area contributed by atoms with E-state index in [1.165, 1.54) is 11.8 Å². The van der Waals surface area contributed by atoms with Crippen LogP contribution in [-0.4, -0.2) is 32.6 Å². The van der Waals surface area contributed by atoms with Gasteiger partial charge < -0.3 is 14.6 Å². The number of hydrazone groups is 1. The first-order chi connectivity index (χ1) is 18.6. The number of nitrogens with one attached hydrogen (secondary N) is 2. The molecule has 0 spiro atoms. The van der Waals surface area contributed by atoms with Gasteiger partial charge in [-0.2, -0.15) is 5.10 Å². The van der Waals surface area contributed by atoms with Gasteiger partial charge in [0, 0.05) is 22.3 Å². The van der Waals surface area contributed by atoms with Crippen LogP contribution < -0.4 is 15.5 Å². The van der Waals surface area contributed by atoms with Crippen LogP contribution in [0.3, 0.4) is 0 Å². The lowest BCUT2D eigenvalue weighted by molar-refractivity contribution is -0.118. The average molecular weight is 592 g/mol. The summed E-state index contributed by atoms with van der Waals surface area (Å²) in [5.41, 5.74) is 5.37. The molecule has 4 aromatic rings. The minimum Gasteiger partial charge on any atom is -0.488 e. The molecule has 0 aliphatic heterocycles. The first-order valence-electron chi connectivity index (χ1n) is 11.8. The lowest BCUT2D eigenvalue weighted by atomic mass is 10.2. The molecule has 38 heavy (non-hydrogen) atoms. The molecule has 1 aromatic heterocycles. The van der Waals surface area contributed by atoms with Crippen molar-refractivity contribution in [3.05, 3.63) is 113 Å². The van der Waals surface area contributed by atoms with E-state index in [9.17, 15) is 4.79 Å². The highest BCUT2D eigenvalue weighted by Gasteiger charge is 2.13. The van der Waals surface area contributed by atoms with E-state index in [4.69, 9.17) is 4.74 Å². The van der Waals surface area contributed by atoms with Gasteiger partial charge in [-0.15, -0.1) is 16.8 Å². The Morgan fingerprint density at radius 2 is 1.89 bits per heavy atom. The molecule has 0 radical (unpaired) electrons. The molecular weight excluding hydrogens is 564 g/mol. The molecule has 0 atom stereocenters. The lowest BCUT2D eigenvalue weighted by Gasteiger charge is -2.09. The Hall–Kier alpha value is -3.89. The van der Waals surface area contributed by atoms with Crippen LogP contribution in [0, 0.1) is 0 Å². The van der Waals surface area contributed by atoms with Crippen LogP contribution >= 0.6 is 27.7 Å². The molecule has 1 heterocycles. The summed E-state index contributed by atoms with van der Waals surface area (Å²) in [5, 5.41) is 16.6. The van der Waals surface area contributed by atoms with Gasteiger partial charge in [-0.1, -0.05) is 76.2 Å². The summed E-state index contributed by atoms with van der Waals surface area (Å²) in [6.07, 6.45) is 3.35. The maximum absolute atomic E-state index is 12.4. The number of amides is 1. The number of rotatable bonds is 13. The Bertz CT molecular complexity index is 1390. The largest absolute Gasteiger partial charge is 0.488 e. The number of hydrogen-bond acceptors (Lipinski definition) is 7. The Balaban J connectivity index is 1.29. The SMILES string of the molecule is C=CCn1c(CNc2ccccc2)nnc1SCC(=O)N/N=C\c1ccccc1OCc1cccc(Br)c1. The van der Waals surface area contributed by atoms with Crippen molar-refractivity contribution >= 4 is 45.5 Å². The third-order valence-corrected chi connectivity index (χ3v) is 6.72. The van der Waals surface area contributed by atoms with Crippen LogP contribution in [0.2, 0.25) is 0 Å². The van der Waals surface area contributed by atoms with Crippen molar-refractivity contribution in [1.82, 2.24) is 20.2 Å². The molecule has 8 nitrogen and oxygen atoms in total. The molecule has 0 aliphatic rings. The minimum absolute atomic E-state index is 0.139. The average Bonchev–Trinajstić information content (AvgIpc) is 3.32. The zero-order valence-corrected chi connectivity index (χ0v) is 23.0. The van der Waals surface area contributed by atoms with E-state index < -0.39 is 0 Å². The predicted molar refractivity (Wildman–Crippen MR) is 155 cm³/mol. The Morgan fingerprint density at radius 1 is 1.08 bits per heavy atom. The number of carbonyl (C=O) groups excluding carboxylic acids is 1. The molecule has 1 amide bonds. The quantitative estimate of drug-likeness (QED) is 0.0903. The molecule has 4 rings (SSSR count). The second-order valence-corrected chi connectivity index (χ2v) is 9.91. The summed E-state index contributed by atoms with van der Waals surface area (Å²) < 4.78 is 8.90. The van der Waals surface area contributed by atoms with Gasteiger partial charge in [0.15, 0.2) is 11.0 Å². The number of halogens is 1. The van der Waals surface area contributed by atoms with Gasteiger partial charge in [0.25, 0.3) is 5.91 Å². The fraction of sp³-hybridized carbons (Fsp3) is 0.143. The van der Waals surface area contributed by atoms with Gasteiger partial charge in [0.05, 0.1) is 18.5 Å². The van der Waals surface area contributed by atoms with E-state index >= 15 is 0 Å². The number of carbonyl (C=O) groups is 1. The second-order valence-electron chi connectivity index (χ2n) is 8.06. The van der Waals surface area contributed by atoms with Crippen LogP contribution in [-0.2, 0) is 24.5 Å². The number of benzene rings is 3. The highest BCUT2D eigenvalue weighted by Crippen LogP contribution is 2.20. The number of para-hydroxylation sites is 2. The number of thioether (sulfide) groups is 1. The lowest BCUT2D eigenvalue weighted by Crippen LogP contribution is -2.20. The maximum Gasteiger partial charge on any atom is 0.250 e. The van der Waals surface area contributed by atoms with Crippen molar-refractivity contribution in [3.8, 4) is 5.75 Å². The Morgan fingerprint density at radius 3 is 2.71 bits per heavy atom. The zero-order chi connectivity index (χ0) is 26.6. The fourth-order valence-electron chi connectivity index (χ4n) is 3.45. The highest BCUT2D eigenvalue weighted by molar-refractivity contribution is 9.10. The number of hydrogen-bond donors (Lipinski definition) is 2. The molecule has 0 bridgehead atoms. The summed E-state index contributed by atoms with van der Waals surface area (Å²) in [4.78, 5) is 12.4. The number of aromatic nitrogens is 3. The molecule has 0 saturated heterocycles. The van der Waals surface area contributed by atoms with Crippen molar-refractivity contribution < 1.29 is 9.53 Å². The normalized spacial score (nSPS) is 10.9. The third-order valence-electron chi connectivity index (χ3n) is 5.26. The molecule has 2 N–H and O–H groups in total. The summed E-state index contributed by atoms with van der Waals surface area (Å²) in [6.45, 7) is 5.29. The number of ether oxygens (including phenoxy) is 1. The van der Waals surface area contributed by atoms with Crippen molar-refractivity contribution in [2.24, 2.45) is 5.10 Å². The monoisotopic (exact) mass is 590 g/mol. The Kier molecular flexibility index (Phi) is 10.1. The molecule has 0 unspecified atom stereocenters. The summed E-state index contributed by atoms with van der Waals surface area (Å²) >= 11 is 4.77. The van der Waals surface area contributed by atoms with Gasteiger partial charge in [-0.3, -0.25) is 4.79 Å². The molecule has 0 fully saturated rings. The Labute approximate surface area is 234 Å². The number of allylic oxidation sites excluding steroid dienone is 1. The van der Waals surface area contributed by atoms with Gasteiger partial charge >= 0.3 is 0 Å². The van der Waals surface area contributed by atoms with Gasteiger partial charge in [0.2, 0.25) is 0 Å². The summed E-state index contributed by atoms with van der Waals surface area (Å²) in [5.74, 6) is 1.32. The maximum atomic E-state index is 12.4. The summed E-state index contributed by atoms with van der Waals surface area (Å²) in [6, 6.07) is 25.3. The van der Waals surface area contributed by atoms with Crippen molar-refractivity contribution in [3.63, 3.8) is 0 Å². The van der Waals surface area contributed by atoms with E-state index in [2.05, 4.69) is 48.6 Å². The minimum atomic E-state index is -0.254. The third kappa shape index (κ3) is 8.06. The van der Waals surface area contributed by atoms with Crippen LogP contribution in [0.15, 0.2) is 106 Å². The molecule has 0 aliphatic carbocycles. The second kappa shape index (κ2) is 14.2. The van der Waals surface area contributed by atoms with E-state index in [1.54, 1.807) is 12.3 Å². The number of nitrogens with zero attached hydrogens (tertiary/aromatic N) is 4. The molecule has 0 saturated carbocycles. The topological polar surface area (TPSA) is 93.4 Å². The van der Waals surface area contributed by atoms with Crippen LogP contribution in [0.5, 0.6) is 5.75 Å². The van der Waals surface area contributed by atoms with E-state index in [0.717, 1.165) is 27.1 Å². The number of anilines is 1.